The first-order valence-corrected chi connectivity index (χ1v) is 6.48. The first-order valence-electron chi connectivity index (χ1n) is 6.48. The van der Waals surface area contributed by atoms with Crippen LogP contribution in [0, 0.1) is 27.4 Å². The number of nitro groups is 1. The van der Waals surface area contributed by atoms with E-state index >= 15 is 0 Å². The molecule has 1 aliphatic heterocycles. The molecule has 2 unspecified atom stereocenters. The number of pyridine rings is 1. The molecule has 1 aliphatic rings. The lowest BCUT2D eigenvalue weighted by molar-refractivity contribution is -0.385. The molecule has 0 bridgehead atoms. The molecule has 0 radical (unpaired) electrons. The number of nitrogens with zero attached hydrogens (tertiary/aromatic N) is 4. The van der Waals surface area contributed by atoms with E-state index in [4.69, 9.17) is 5.26 Å². The van der Waals surface area contributed by atoms with E-state index in [1.54, 1.807) is 4.90 Å². The van der Waals surface area contributed by atoms with Gasteiger partial charge in [-0.2, -0.15) is 5.26 Å². The Morgan fingerprint density at radius 1 is 1.67 bits per heavy atom. The average Bonchev–Trinajstić information content (AvgIpc) is 2.46. The molecule has 0 aliphatic carbocycles. The first kappa shape index (κ1) is 14.7. The van der Waals surface area contributed by atoms with Gasteiger partial charge in [-0.05, 0) is 18.8 Å². The van der Waals surface area contributed by atoms with E-state index in [1.165, 1.54) is 0 Å². The zero-order valence-corrected chi connectivity index (χ0v) is 11.4. The molecule has 2 heterocycles. The third-order valence-electron chi connectivity index (χ3n) is 3.61. The minimum atomic E-state index is -0.981. The number of carboxylic acids is 1. The first-order chi connectivity index (χ1) is 9.93. The van der Waals surface area contributed by atoms with Gasteiger partial charge in [-0.1, -0.05) is 6.92 Å². The highest BCUT2D eigenvalue weighted by molar-refractivity contribution is 5.79. The highest BCUT2D eigenvalue weighted by Crippen LogP contribution is 2.30. The standard InChI is InChI=1S/C13H14N4O4/c1-8-2-3-16(11(4-8)13(18)19)12-9(6-14)5-10(7-15-12)17(20)21/h5,7-8,11H,2-4H2,1H3,(H,18,19). The highest BCUT2D eigenvalue weighted by Gasteiger charge is 2.34. The summed E-state index contributed by atoms with van der Waals surface area (Å²) in [5.41, 5.74) is -0.266. The number of anilines is 1. The quantitative estimate of drug-likeness (QED) is 0.662. The van der Waals surface area contributed by atoms with E-state index < -0.39 is 16.9 Å². The van der Waals surface area contributed by atoms with E-state index in [-0.39, 0.29) is 23.0 Å². The second-order valence-electron chi connectivity index (χ2n) is 5.11. The molecule has 0 aromatic carbocycles. The molecule has 2 rings (SSSR count). The summed E-state index contributed by atoms with van der Waals surface area (Å²) in [6.45, 7) is 2.43. The molecular weight excluding hydrogens is 276 g/mol. The Kier molecular flexibility index (Phi) is 4.03. The number of rotatable bonds is 3. The minimum absolute atomic E-state index is 0.0185. The molecule has 1 saturated heterocycles. The van der Waals surface area contributed by atoms with Crippen LogP contribution < -0.4 is 4.90 Å². The fourth-order valence-electron chi connectivity index (χ4n) is 2.49. The summed E-state index contributed by atoms with van der Waals surface area (Å²) < 4.78 is 0. The molecule has 1 aromatic rings. The van der Waals surface area contributed by atoms with Crippen molar-refractivity contribution in [3.8, 4) is 6.07 Å². The van der Waals surface area contributed by atoms with Gasteiger partial charge in [0.2, 0.25) is 0 Å². The second kappa shape index (κ2) is 5.75. The van der Waals surface area contributed by atoms with Gasteiger partial charge in [-0.25, -0.2) is 9.78 Å². The van der Waals surface area contributed by atoms with E-state index in [1.807, 2.05) is 13.0 Å². The highest BCUT2D eigenvalue weighted by atomic mass is 16.6. The van der Waals surface area contributed by atoms with Crippen LogP contribution in [0.25, 0.3) is 0 Å². The summed E-state index contributed by atoms with van der Waals surface area (Å²) in [5.74, 6) is -0.515. The molecule has 0 amide bonds. The number of aromatic nitrogens is 1. The van der Waals surface area contributed by atoms with Gasteiger partial charge in [0.15, 0.2) is 0 Å². The monoisotopic (exact) mass is 290 g/mol. The second-order valence-corrected chi connectivity index (χ2v) is 5.11. The van der Waals surface area contributed by atoms with Crippen molar-refractivity contribution in [3.05, 3.63) is 27.9 Å². The van der Waals surface area contributed by atoms with Crippen molar-refractivity contribution in [2.24, 2.45) is 5.92 Å². The van der Waals surface area contributed by atoms with Crippen LogP contribution in [-0.4, -0.2) is 33.6 Å². The molecule has 8 nitrogen and oxygen atoms in total. The number of nitriles is 1. The Morgan fingerprint density at radius 3 is 2.95 bits per heavy atom. The van der Waals surface area contributed by atoms with E-state index in [9.17, 15) is 20.0 Å². The predicted molar refractivity (Wildman–Crippen MR) is 72.8 cm³/mol. The number of carbonyl (C=O) groups is 1. The lowest BCUT2D eigenvalue weighted by Crippen LogP contribution is -2.47. The maximum Gasteiger partial charge on any atom is 0.326 e. The summed E-state index contributed by atoms with van der Waals surface area (Å²) in [6.07, 6.45) is 2.29. The summed E-state index contributed by atoms with van der Waals surface area (Å²) in [7, 11) is 0. The van der Waals surface area contributed by atoms with Crippen LogP contribution in [0.15, 0.2) is 12.3 Å². The third-order valence-corrected chi connectivity index (χ3v) is 3.61. The molecule has 110 valence electrons. The lowest BCUT2D eigenvalue weighted by Gasteiger charge is -2.37. The van der Waals surface area contributed by atoms with Crippen LogP contribution in [0.1, 0.15) is 25.3 Å². The largest absolute Gasteiger partial charge is 0.480 e. The van der Waals surface area contributed by atoms with Crippen molar-refractivity contribution in [3.63, 3.8) is 0 Å². The summed E-state index contributed by atoms with van der Waals surface area (Å²) in [6, 6.07) is 2.21. The van der Waals surface area contributed by atoms with Crippen molar-refractivity contribution >= 4 is 17.5 Å². The van der Waals surface area contributed by atoms with Gasteiger partial charge in [0.25, 0.3) is 5.69 Å². The molecule has 0 saturated carbocycles. The van der Waals surface area contributed by atoms with Crippen LogP contribution in [-0.2, 0) is 4.79 Å². The molecule has 21 heavy (non-hydrogen) atoms. The molecular formula is C13H14N4O4. The van der Waals surface area contributed by atoms with E-state index in [2.05, 4.69) is 4.98 Å². The number of hydrogen-bond donors (Lipinski definition) is 1. The van der Waals surface area contributed by atoms with Crippen molar-refractivity contribution in [2.75, 3.05) is 11.4 Å². The molecule has 8 heteroatoms. The normalized spacial score (nSPS) is 21.6. The van der Waals surface area contributed by atoms with E-state index in [0.717, 1.165) is 18.7 Å². The van der Waals surface area contributed by atoms with Crippen molar-refractivity contribution < 1.29 is 14.8 Å². The SMILES string of the molecule is CC1CCN(c2ncc([N+](=O)[O-])cc2C#N)C(C(=O)O)C1. The van der Waals surface area contributed by atoms with Crippen LogP contribution in [0.3, 0.4) is 0 Å². The van der Waals surface area contributed by atoms with Crippen molar-refractivity contribution in [1.29, 1.82) is 5.26 Å². The maximum atomic E-state index is 11.4. The predicted octanol–water partition coefficient (Wildman–Crippen LogP) is 1.55. The van der Waals surface area contributed by atoms with Crippen molar-refractivity contribution in [1.82, 2.24) is 4.98 Å². The Hall–Kier alpha value is -2.69. The van der Waals surface area contributed by atoms with Crippen LogP contribution in [0.2, 0.25) is 0 Å². The molecule has 1 fully saturated rings. The molecule has 2 atom stereocenters. The summed E-state index contributed by atoms with van der Waals surface area (Å²) in [4.78, 5) is 27.0. The van der Waals surface area contributed by atoms with Crippen molar-refractivity contribution in [2.45, 2.75) is 25.8 Å². The fraction of sp³-hybridized carbons (Fsp3) is 0.462. The summed E-state index contributed by atoms with van der Waals surface area (Å²) in [5, 5.41) is 29.2. The minimum Gasteiger partial charge on any atom is -0.480 e. The molecule has 1 aromatic heterocycles. The van der Waals surface area contributed by atoms with Crippen LogP contribution in [0.4, 0.5) is 11.5 Å². The number of piperidine rings is 1. The molecule has 0 spiro atoms. The number of aliphatic carboxylic acids is 1. The average molecular weight is 290 g/mol. The summed E-state index contributed by atoms with van der Waals surface area (Å²) >= 11 is 0. The zero-order valence-electron chi connectivity index (χ0n) is 11.4. The van der Waals surface area contributed by atoms with Crippen LogP contribution in [0.5, 0.6) is 0 Å². The van der Waals surface area contributed by atoms with Gasteiger partial charge in [0.1, 0.15) is 29.7 Å². The maximum absolute atomic E-state index is 11.4. The van der Waals surface area contributed by atoms with Gasteiger partial charge in [0, 0.05) is 12.6 Å². The third kappa shape index (κ3) is 2.91. The van der Waals surface area contributed by atoms with Gasteiger partial charge >= 0.3 is 5.97 Å². The number of hydrogen-bond acceptors (Lipinski definition) is 6. The van der Waals surface area contributed by atoms with Gasteiger partial charge in [0.05, 0.1) is 4.92 Å². The van der Waals surface area contributed by atoms with Gasteiger partial charge in [-0.15, -0.1) is 0 Å². The van der Waals surface area contributed by atoms with Gasteiger partial charge in [-0.3, -0.25) is 10.1 Å². The topological polar surface area (TPSA) is 120 Å². The Bertz CT molecular complexity index is 625. The lowest BCUT2D eigenvalue weighted by atomic mass is 9.92. The Morgan fingerprint density at radius 2 is 2.38 bits per heavy atom. The smallest absolute Gasteiger partial charge is 0.326 e. The fourth-order valence-corrected chi connectivity index (χ4v) is 2.49. The van der Waals surface area contributed by atoms with E-state index in [0.29, 0.717) is 13.0 Å². The molecule has 1 N–H and O–H groups in total. The Balaban J connectivity index is 2.42. The van der Waals surface area contributed by atoms with Crippen LogP contribution >= 0.6 is 0 Å². The number of carboxylic acid groups (broad SMARTS) is 1. The zero-order chi connectivity index (χ0) is 15.6. The Labute approximate surface area is 120 Å². The van der Waals surface area contributed by atoms with Gasteiger partial charge < -0.3 is 10.0 Å².